The van der Waals surface area contributed by atoms with Crippen molar-refractivity contribution in [1.29, 1.82) is 0 Å². The molecular weight excluding hydrogens is 229 g/mol. The predicted molar refractivity (Wildman–Crippen MR) is 52.3 cm³/mol. The molecule has 1 rings (SSSR count). The molecule has 15 heavy (non-hydrogen) atoms. The molecule has 0 amide bonds. The summed E-state index contributed by atoms with van der Waals surface area (Å²) in [5.74, 6) is 0.154. The molecule has 0 fully saturated rings. The SMILES string of the molecule is Nc1cc(N)nc(SCCC(F)(F)F)n1. The number of halogens is 3. The number of aromatic nitrogens is 2. The molecule has 0 aliphatic heterocycles. The van der Waals surface area contributed by atoms with Crippen molar-refractivity contribution in [3.8, 4) is 0 Å². The van der Waals surface area contributed by atoms with Gasteiger partial charge in [0.05, 0.1) is 6.42 Å². The van der Waals surface area contributed by atoms with Crippen LogP contribution in [0.3, 0.4) is 0 Å². The van der Waals surface area contributed by atoms with Gasteiger partial charge >= 0.3 is 6.18 Å². The third-order valence-corrected chi connectivity index (χ3v) is 2.21. The van der Waals surface area contributed by atoms with Crippen molar-refractivity contribution in [3.05, 3.63) is 6.07 Å². The summed E-state index contributed by atoms with van der Waals surface area (Å²) >= 11 is 0.873. The van der Waals surface area contributed by atoms with Crippen molar-refractivity contribution < 1.29 is 13.2 Å². The lowest BCUT2D eigenvalue weighted by atomic mass is 10.5. The Hall–Kier alpha value is -1.18. The van der Waals surface area contributed by atoms with Crippen LogP contribution in [-0.2, 0) is 0 Å². The smallest absolute Gasteiger partial charge is 0.383 e. The van der Waals surface area contributed by atoms with Crippen molar-refractivity contribution in [1.82, 2.24) is 9.97 Å². The summed E-state index contributed by atoms with van der Waals surface area (Å²) in [4.78, 5) is 7.47. The molecule has 4 nitrogen and oxygen atoms in total. The zero-order valence-corrected chi connectivity index (χ0v) is 8.40. The van der Waals surface area contributed by atoms with E-state index < -0.39 is 12.6 Å². The zero-order valence-electron chi connectivity index (χ0n) is 7.58. The fraction of sp³-hybridized carbons (Fsp3) is 0.429. The fourth-order valence-electron chi connectivity index (χ4n) is 0.785. The van der Waals surface area contributed by atoms with Gasteiger partial charge in [0.25, 0.3) is 0 Å². The number of thioether (sulfide) groups is 1. The first-order valence-corrected chi connectivity index (χ1v) is 4.95. The van der Waals surface area contributed by atoms with Crippen molar-refractivity contribution >= 4 is 23.4 Å². The highest BCUT2D eigenvalue weighted by Gasteiger charge is 2.26. The third-order valence-electron chi connectivity index (χ3n) is 1.36. The van der Waals surface area contributed by atoms with Gasteiger partial charge < -0.3 is 11.5 Å². The Balaban J connectivity index is 2.51. The standard InChI is InChI=1S/C7H9F3N4S/c8-7(9,10)1-2-15-6-13-4(11)3-5(12)14-6/h3H,1-2H2,(H4,11,12,13,14). The quantitative estimate of drug-likeness (QED) is 0.618. The van der Waals surface area contributed by atoms with E-state index in [2.05, 4.69) is 9.97 Å². The highest BCUT2D eigenvalue weighted by atomic mass is 32.2. The number of nitrogens with two attached hydrogens (primary N) is 2. The number of hydrogen-bond acceptors (Lipinski definition) is 5. The fourth-order valence-corrected chi connectivity index (χ4v) is 1.64. The molecule has 0 aliphatic rings. The topological polar surface area (TPSA) is 77.8 Å². The highest BCUT2D eigenvalue weighted by Crippen LogP contribution is 2.25. The minimum Gasteiger partial charge on any atom is -0.383 e. The van der Waals surface area contributed by atoms with Crippen molar-refractivity contribution in [3.63, 3.8) is 0 Å². The summed E-state index contributed by atoms with van der Waals surface area (Å²) in [5.41, 5.74) is 10.7. The lowest BCUT2D eigenvalue weighted by Gasteiger charge is -2.05. The summed E-state index contributed by atoms with van der Waals surface area (Å²) in [6, 6.07) is 1.34. The van der Waals surface area contributed by atoms with Crippen LogP contribution in [0.2, 0.25) is 0 Å². The second kappa shape index (κ2) is 4.56. The van der Waals surface area contributed by atoms with Crippen LogP contribution in [0.4, 0.5) is 24.8 Å². The summed E-state index contributed by atoms with van der Waals surface area (Å²) in [6.07, 6.45) is -5.06. The van der Waals surface area contributed by atoms with Crippen LogP contribution in [0.5, 0.6) is 0 Å². The monoisotopic (exact) mass is 238 g/mol. The number of nitrogen functional groups attached to an aromatic ring is 2. The average molecular weight is 238 g/mol. The van der Waals surface area contributed by atoms with E-state index in [1.165, 1.54) is 6.07 Å². The molecule has 1 heterocycles. The Morgan fingerprint density at radius 3 is 2.20 bits per heavy atom. The van der Waals surface area contributed by atoms with Gasteiger partial charge in [0, 0.05) is 11.8 Å². The van der Waals surface area contributed by atoms with Crippen LogP contribution in [0.15, 0.2) is 11.2 Å². The molecule has 8 heteroatoms. The Morgan fingerprint density at radius 1 is 1.20 bits per heavy atom. The van der Waals surface area contributed by atoms with Gasteiger partial charge in [-0.2, -0.15) is 13.2 Å². The Kier molecular flexibility index (Phi) is 3.61. The molecular formula is C7H9F3N4S. The van der Waals surface area contributed by atoms with Crippen molar-refractivity contribution in [2.24, 2.45) is 0 Å². The van der Waals surface area contributed by atoms with Gasteiger partial charge in [-0.05, 0) is 0 Å². The van der Waals surface area contributed by atoms with Gasteiger partial charge in [-0.25, -0.2) is 9.97 Å². The zero-order chi connectivity index (χ0) is 11.5. The van der Waals surface area contributed by atoms with E-state index in [0.29, 0.717) is 0 Å². The van der Waals surface area contributed by atoms with Crippen molar-refractivity contribution in [2.45, 2.75) is 17.8 Å². The first kappa shape index (κ1) is 11.9. The van der Waals surface area contributed by atoms with Gasteiger partial charge in [-0.1, -0.05) is 11.8 Å². The van der Waals surface area contributed by atoms with Gasteiger partial charge in [0.2, 0.25) is 0 Å². The molecule has 0 aromatic carbocycles. The molecule has 0 radical (unpaired) electrons. The Bertz CT molecular complexity index is 321. The van der Waals surface area contributed by atoms with Crippen LogP contribution < -0.4 is 11.5 Å². The largest absolute Gasteiger partial charge is 0.389 e. The number of nitrogens with zero attached hydrogens (tertiary/aromatic N) is 2. The molecule has 1 aromatic rings. The molecule has 0 atom stereocenters. The molecule has 84 valence electrons. The lowest BCUT2D eigenvalue weighted by molar-refractivity contribution is -0.129. The molecule has 0 saturated carbocycles. The van der Waals surface area contributed by atoms with E-state index in [4.69, 9.17) is 11.5 Å². The highest BCUT2D eigenvalue weighted by molar-refractivity contribution is 7.99. The van der Waals surface area contributed by atoms with Gasteiger partial charge in [-0.15, -0.1) is 0 Å². The molecule has 0 bridgehead atoms. The first-order chi connectivity index (χ1) is 6.87. The summed E-state index contributed by atoms with van der Waals surface area (Å²) in [5, 5.41) is 0.164. The van der Waals surface area contributed by atoms with Gasteiger partial charge in [-0.3, -0.25) is 0 Å². The van der Waals surface area contributed by atoms with E-state index in [0.717, 1.165) is 11.8 Å². The van der Waals surface area contributed by atoms with E-state index in [1.807, 2.05) is 0 Å². The lowest BCUT2D eigenvalue weighted by Crippen LogP contribution is -2.08. The molecule has 0 aliphatic carbocycles. The number of rotatable bonds is 3. The van der Waals surface area contributed by atoms with Crippen molar-refractivity contribution in [2.75, 3.05) is 17.2 Å². The Labute approximate surface area is 88.3 Å². The maximum absolute atomic E-state index is 11.8. The molecule has 4 N–H and O–H groups in total. The summed E-state index contributed by atoms with van der Waals surface area (Å²) in [6.45, 7) is 0. The van der Waals surface area contributed by atoms with E-state index in [9.17, 15) is 13.2 Å². The minimum absolute atomic E-state index is 0.146. The Morgan fingerprint density at radius 2 is 1.73 bits per heavy atom. The first-order valence-electron chi connectivity index (χ1n) is 3.96. The van der Waals surface area contributed by atoms with E-state index >= 15 is 0 Å². The molecule has 1 aromatic heterocycles. The van der Waals surface area contributed by atoms with Crippen LogP contribution in [-0.4, -0.2) is 21.9 Å². The minimum atomic E-state index is -4.17. The van der Waals surface area contributed by atoms with E-state index in [-0.39, 0.29) is 22.5 Å². The van der Waals surface area contributed by atoms with Crippen LogP contribution in [0, 0.1) is 0 Å². The number of anilines is 2. The maximum atomic E-state index is 11.8. The molecule has 0 unspecified atom stereocenters. The molecule has 0 spiro atoms. The summed E-state index contributed by atoms with van der Waals surface area (Å²) < 4.78 is 35.4. The normalized spacial score (nSPS) is 11.7. The van der Waals surface area contributed by atoms with E-state index in [1.54, 1.807) is 0 Å². The van der Waals surface area contributed by atoms with Crippen LogP contribution >= 0.6 is 11.8 Å². The van der Waals surface area contributed by atoms with Crippen LogP contribution in [0.1, 0.15) is 6.42 Å². The second-order valence-corrected chi connectivity index (χ2v) is 3.78. The number of alkyl halides is 3. The molecule has 0 saturated heterocycles. The third kappa shape index (κ3) is 4.73. The maximum Gasteiger partial charge on any atom is 0.389 e. The average Bonchev–Trinajstić information content (AvgIpc) is 1.99. The predicted octanol–water partition coefficient (Wildman–Crippen LogP) is 1.69. The van der Waals surface area contributed by atoms with Gasteiger partial charge in [0.15, 0.2) is 5.16 Å². The second-order valence-electron chi connectivity index (χ2n) is 2.71. The summed E-state index contributed by atoms with van der Waals surface area (Å²) in [7, 11) is 0. The van der Waals surface area contributed by atoms with Crippen LogP contribution in [0.25, 0.3) is 0 Å². The number of hydrogen-bond donors (Lipinski definition) is 2. The van der Waals surface area contributed by atoms with Gasteiger partial charge in [0.1, 0.15) is 11.6 Å².